The number of benzene rings is 2. The van der Waals surface area contributed by atoms with E-state index in [0.29, 0.717) is 0 Å². The third kappa shape index (κ3) is 5.10. The summed E-state index contributed by atoms with van der Waals surface area (Å²) in [6, 6.07) is 11.1. The van der Waals surface area contributed by atoms with Crippen molar-refractivity contribution in [3.63, 3.8) is 0 Å². The number of amides is 2. The van der Waals surface area contributed by atoms with Gasteiger partial charge in [-0.15, -0.1) is 0 Å². The Kier molecular flexibility index (Phi) is 6.28. The van der Waals surface area contributed by atoms with E-state index in [4.69, 9.17) is 11.6 Å². The van der Waals surface area contributed by atoms with Crippen LogP contribution >= 0.6 is 11.6 Å². The van der Waals surface area contributed by atoms with Crippen LogP contribution in [-0.4, -0.2) is 25.2 Å². The fraction of sp³-hybridized carbons (Fsp3) is 0. The molecule has 11 heteroatoms. The topological polar surface area (TPSA) is 117 Å². The number of hydrazine groups is 1. The van der Waals surface area contributed by atoms with Crippen molar-refractivity contribution in [3.05, 3.63) is 89.0 Å². The van der Waals surface area contributed by atoms with Crippen LogP contribution in [0.15, 0.2) is 71.9 Å². The number of nitrogens with one attached hydrogen (secondary N) is 3. The van der Waals surface area contributed by atoms with Crippen molar-refractivity contribution in [2.75, 3.05) is 4.72 Å². The lowest BCUT2D eigenvalue weighted by atomic mass is 10.2. The van der Waals surface area contributed by atoms with E-state index in [9.17, 15) is 22.4 Å². The molecule has 0 aliphatic heterocycles. The first-order valence-corrected chi connectivity index (χ1v) is 10.2. The molecule has 0 spiro atoms. The second-order valence-corrected chi connectivity index (χ2v) is 7.99. The highest BCUT2D eigenvalue weighted by molar-refractivity contribution is 7.92. The molecule has 0 aliphatic rings. The van der Waals surface area contributed by atoms with Crippen molar-refractivity contribution in [2.24, 2.45) is 0 Å². The van der Waals surface area contributed by atoms with Gasteiger partial charge in [0.15, 0.2) is 0 Å². The Hall–Kier alpha value is -3.50. The standard InChI is InChI=1S/C19H14ClFN4O4S/c20-16-8-3-12(18(26)23-24-19(27)13-2-1-9-22-11-13)10-17(16)25-30(28,29)15-6-4-14(21)5-7-15/h1-11,25H,(H,23,26)(H,24,27). The number of hydrogen-bond acceptors (Lipinski definition) is 5. The maximum absolute atomic E-state index is 13.0. The number of rotatable bonds is 5. The van der Waals surface area contributed by atoms with Crippen LogP contribution in [0.2, 0.25) is 5.02 Å². The third-order valence-corrected chi connectivity index (χ3v) is 5.52. The van der Waals surface area contributed by atoms with E-state index in [1.165, 1.54) is 36.7 Å². The van der Waals surface area contributed by atoms with Gasteiger partial charge in [0.2, 0.25) is 0 Å². The average Bonchev–Trinajstić information content (AvgIpc) is 2.74. The molecular weight excluding hydrogens is 435 g/mol. The SMILES string of the molecule is O=C(NNC(=O)c1ccc(Cl)c(NS(=O)(=O)c2ccc(F)cc2)c1)c1cccnc1. The summed E-state index contributed by atoms with van der Waals surface area (Å²) in [6.07, 6.45) is 2.82. The van der Waals surface area contributed by atoms with Gasteiger partial charge in [-0.2, -0.15) is 0 Å². The summed E-state index contributed by atoms with van der Waals surface area (Å²) in [7, 11) is -4.07. The molecule has 0 aliphatic carbocycles. The van der Waals surface area contributed by atoms with E-state index in [-0.39, 0.29) is 26.7 Å². The number of sulfonamides is 1. The Labute approximate surface area is 176 Å². The predicted molar refractivity (Wildman–Crippen MR) is 108 cm³/mol. The molecule has 1 aromatic heterocycles. The van der Waals surface area contributed by atoms with Crippen molar-refractivity contribution < 1.29 is 22.4 Å². The fourth-order valence-electron chi connectivity index (χ4n) is 2.32. The summed E-state index contributed by atoms with van der Waals surface area (Å²) in [4.78, 5) is 27.9. The van der Waals surface area contributed by atoms with Crippen LogP contribution in [-0.2, 0) is 10.0 Å². The first kappa shape index (κ1) is 21.2. The van der Waals surface area contributed by atoms with Gasteiger partial charge in [-0.25, -0.2) is 12.8 Å². The lowest BCUT2D eigenvalue weighted by molar-refractivity contribution is 0.0846. The molecule has 0 unspecified atom stereocenters. The maximum atomic E-state index is 13.0. The van der Waals surface area contributed by atoms with E-state index in [1.807, 2.05) is 0 Å². The highest BCUT2D eigenvalue weighted by atomic mass is 35.5. The Morgan fingerprint density at radius 1 is 0.933 bits per heavy atom. The second-order valence-electron chi connectivity index (χ2n) is 5.90. The van der Waals surface area contributed by atoms with Gasteiger partial charge < -0.3 is 0 Å². The van der Waals surface area contributed by atoms with Crippen molar-refractivity contribution in [2.45, 2.75) is 4.90 Å². The van der Waals surface area contributed by atoms with Gasteiger partial charge >= 0.3 is 0 Å². The van der Waals surface area contributed by atoms with Gasteiger partial charge in [0.05, 0.1) is 21.2 Å². The lowest BCUT2D eigenvalue weighted by Crippen LogP contribution is -2.41. The number of carbonyl (C=O) groups excluding carboxylic acids is 2. The molecule has 0 atom stereocenters. The molecular formula is C19H14ClFN4O4S. The molecule has 30 heavy (non-hydrogen) atoms. The van der Waals surface area contributed by atoms with E-state index in [1.54, 1.807) is 6.07 Å². The van der Waals surface area contributed by atoms with Crippen LogP contribution in [0.4, 0.5) is 10.1 Å². The van der Waals surface area contributed by atoms with Crippen LogP contribution in [0.25, 0.3) is 0 Å². The number of pyridine rings is 1. The summed E-state index contributed by atoms with van der Waals surface area (Å²) < 4.78 is 40.2. The van der Waals surface area contributed by atoms with Crippen molar-refractivity contribution in [1.29, 1.82) is 0 Å². The molecule has 0 saturated carbocycles. The van der Waals surface area contributed by atoms with Crippen LogP contribution < -0.4 is 15.6 Å². The Morgan fingerprint density at radius 2 is 1.60 bits per heavy atom. The summed E-state index contributed by atoms with van der Waals surface area (Å²) in [6.45, 7) is 0. The number of hydrogen-bond donors (Lipinski definition) is 3. The number of carbonyl (C=O) groups is 2. The minimum Gasteiger partial charge on any atom is -0.278 e. The molecule has 3 aromatic rings. The molecule has 0 saturated heterocycles. The van der Waals surface area contributed by atoms with Gasteiger partial charge in [-0.05, 0) is 54.6 Å². The minimum atomic E-state index is -4.07. The molecule has 2 aromatic carbocycles. The highest BCUT2D eigenvalue weighted by Crippen LogP contribution is 2.26. The van der Waals surface area contributed by atoms with E-state index in [2.05, 4.69) is 20.6 Å². The van der Waals surface area contributed by atoms with Gasteiger partial charge in [-0.1, -0.05) is 11.6 Å². The Morgan fingerprint density at radius 3 is 2.23 bits per heavy atom. The van der Waals surface area contributed by atoms with Crippen LogP contribution in [0, 0.1) is 5.82 Å². The van der Waals surface area contributed by atoms with Crippen LogP contribution in [0.3, 0.4) is 0 Å². The molecule has 2 amide bonds. The van der Waals surface area contributed by atoms with Gasteiger partial charge in [0.25, 0.3) is 21.8 Å². The fourth-order valence-corrected chi connectivity index (χ4v) is 3.61. The van der Waals surface area contributed by atoms with Crippen LogP contribution in [0.5, 0.6) is 0 Å². The molecule has 8 nitrogen and oxygen atoms in total. The monoisotopic (exact) mass is 448 g/mol. The largest absolute Gasteiger partial charge is 0.278 e. The number of halogens is 2. The molecule has 0 radical (unpaired) electrons. The highest BCUT2D eigenvalue weighted by Gasteiger charge is 2.18. The first-order valence-electron chi connectivity index (χ1n) is 8.35. The second kappa shape index (κ2) is 8.89. The van der Waals surface area contributed by atoms with Crippen molar-refractivity contribution in [1.82, 2.24) is 15.8 Å². The zero-order chi connectivity index (χ0) is 21.7. The summed E-state index contributed by atoms with van der Waals surface area (Å²) in [5, 5.41) is 0.0385. The van der Waals surface area contributed by atoms with Crippen molar-refractivity contribution in [3.8, 4) is 0 Å². The van der Waals surface area contributed by atoms with E-state index in [0.717, 1.165) is 24.3 Å². The van der Waals surface area contributed by atoms with Gasteiger partial charge in [0, 0.05) is 18.0 Å². The number of anilines is 1. The molecule has 3 N–H and O–H groups in total. The molecule has 154 valence electrons. The lowest BCUT2D eigenvalue weighted by Gasteiger charge is -2.12. The van der Waals surface area contributed by atoms with E-state index < -0.39 is 27.7 Å². The summed E-state index contributed by atoms with van der Waals surface area (Å²) in [5.74, 6) is -1.87. The van der Waals surface area contributed by atoms with Crippen molar-refractivity contribution >= 4 is 39.1 Å². The molecule has 0 bridgehead atoms. The molecule has 3 rings (SSSR count). The molecule has 1 heterocycles. The number of nitrogens with zero attached hydrogens (tertiary/aromatic N) is 1. The zero-order valence-electron chi connectivity index (χ0n) is 15.1. The predicted octanol–water partition coefficient (Wildman–Crippen LogP) is 2.75. The quantitative estimate of drug-likeness (QED) is 0.519. The Balaban J connectivity index is 1.73. The van der Waals surface area contributed by atoms with E-state index >= 15 is 0 Å². The number of aromatic nitrogens is 1. The van der Waals surface area contributed by atoms with Gasteiger partial charge in [0.1, 0.15) is 5.82 Å². The zero-order valence-corrected chi connectivity index (χ0v) is 16.7. The normalized spacial score (nSPS) is 10.9. The smallest absolute Gasteiger partial charge is 0.271 e. The third-order valence-electron chi connectivity index (χ3n) is 3.81. The molecule has 0 fully saturated rings. The minimum absolute atomic E-state index is 0.0303. The summed E-state index contributed by atoms with van der Waals surface area (Å²) in [5.41, 5.74) is 4.65. The summed E-state index contributed by atoms with van der Waals surface area (Å²) >= 11 is 6.03. The van der Waals surface area contributed by atoms with Crippen LogP contribution in [0.1, 0.15) is 20.7 Å². The average molecular weight is 449 g/mol. The van der Waals surface area contributed by atoms with Gasteiger partial charge in [-0.3, -0.25) is 30.1 Å². The first-order chi connectivity index (χ1) is 14.3. The Bertz CT molecular complexity index is 1190. The maximum Gasteiger partial charge on any atom is 0.271 e.